The van der Waals surface area contributed by atoms with Crippen molar-refractivity contribution in [1.29, 1.82) is 0 Å². The summed E-state index contributed by atoms with van der Waals surface area (Å²) >= 11 is 0. The second-order valence-corrected chi connectivity index (χ2v) is 20.6. The summed E-state index contributed by atoms with van der Waals surface area (Å²) in [7, 11) is 0. The van der Waals surface area contributed by atoms with E-state index in [1.54, 1.807) is 6.08 Å². The van der Waals surface area contributed by atoms with Crippen molar-refractivity contribution < 1.29 is 28.6 Å². The molecule has 0 aliphatic rings. The van der Waals surface area contributed by atoms with Gasteiger partial charge in [-0.25, -0.2) is 0 Å². The average molecular weight is 1030 g/mol. The minimum absolute atomic E-state index is 0.113. The molecule has 0 radical (unpaired) electrons. The molecule has 6 nitrogen and oxygen atoms in total. The van der Waals surface area contributed by atoms with Gasteiger partial charge in [-0.2, -0.15) is 0 Å². The van der Waals surface area contributed by atoms with Crippen LogP contribution in [0.3, 0.4) is 0 Å². The molecule has 0 rings (SSSR count). The van der Waals surface area contributed by atoms with Crippen LogP contribution in [0.25, 0.3) is 0 Å². The van der Waals surface area contributed by atoms with Crippen molar-refractivity contribution in [3.8, 4) is 0 Å². The van der Waals surface area contributed by atoms with Gasteiger partial charge in [0, 0.05) is 12.8 Å². The van der Waals surface area contributed by atoms with Gasteiger partial charge in [-0.3, -0.25) is 14.4 Å². The smallest absolute Gasteiger partial charge is 0.309 e. The van der Waals surface area contributed by atoms with Crippen molar-refractivity contribution in [2.24, 2.45) is 0 Å². The normalized spacial score (nSPS) is 12.7. The Labute approximate surface area is 457 Å². The average Bonchev–Trinajstić information content (AvgIpc) is 3.40. The summed E-state index contributed by atoms with van der Waals surface area (Å²) < 4.78 is 16.8. The highest BCUT2D eigenvalue weighted by atomic mass is 16.6. The summed E-state index contributed by atoms with van der Waals surface area (Å²) in [6, 6.07) is 0. The van der Waals surface area contributed by atoms with E-state index in [9.17, 15) is 14.4 Å². The number of ether oxygens (including phenoxy) is 3. The number of carbonyl (C=O) groups is 3. The fraction of sp³-hybridized carbons (Fsp3) is 0.721. The predicted molar refractivity (Wildman–Crippen MR) is 320 cm³/mol. The minimum atomic E-state index is -0.826. The van der Waals surface area contributed by atoms with Crippen molar-refractivity contribution >= 4 is 17.9 Å². The molecule has 6 heteroatoms. The summed E-state index contributed by atoms with van der Waals surface area (Å²) in [5.41, 5.74) is 0. The van der Waals surface area contributed by atoms with Crippen LogP contribution in [0.1, 0.15) is 297 Å². The van der Waals surface area contributed by atoms with Gasteiger partial charge in [0.05, 0.1) is 6.42 Å². The molecule has 0 aromatic heterocycles. The maximum atomic E-state index is 12.9. The molecular weight excluding hydrogens is 913 g/mol. The molecule has 0 heterocycles. The second kappa shape index (κ2) is 61.9. The molecule has 1 unspecified atom stereocenters. The zero-order chi connectivity index (χ0) is 53.6. The van der Waals surface area contributed by atoms with Gasteiger partial charge in [0.1, 0.15) is 13.2 Å². The number of esters is 3. The van der Waals surface area contributed by atoms with E-state index in [2.05, 4.69) is 106 Å². The second-order valence-electron chi connectivity index (χ2n) is 20.6. The Morgan fingerprint density at radius 1 is 0.297 bits per heavy atom. The van der Waals surface area contributed by atoms with Crippen LogP contribution < -0.4 is 0 Å². The molecule has 424 valence electrons. The molecule has 0 aliphatic carbocycles. The Bertz CT molecular complexity index is 1460. The van der Waals surface area contributed by atoms with Crippen molar-refractivity contribution in [2.75, 3.05) is 13.2 Å². The Morgan fingerprint density at radius 2 is 0.581 bits per heavy atom. The first kappa shape index (κ1) is 70.3. The van der Waals surface area contributed by atoms with E-state index in [4.69, 9.17) is 14.2 Å². The largest absolute Gasteiger partial charge is 0.462 e. The van der Waals surface area contributed by atoms with Crippen molar-refractivity contribution in [3.05, 3.63) is 97.2 Å². The van der Waals surface area contributed by atoms with Gasteiger partial charge in [0.2, 0.25) is 0 Å². The molecule has 0 aliphatic heterocycles. The third-order valence-electron chi connectivity index (χ3n) is 13.3. The fourth-order valence-corrected chi connectivity index (χ4v) is 8.66. The van der Waals surface area contributed by atoms with Crippen LogP contribution in [0, 0.1) is 0 Å². The summed E-state index contributed by atoms with van der Waals surface area (Å²) in [4.78, 5) is 38.2. The molecular formula is C68H116O6. The summed E-state index contributed by atoms with van der Waals surface area (Å²) in [5.74, 6) is -1.05. The molecule has 74 heavy (non-hydrogen) atoms. The van der Waals surface area contributed by atoms with Crippen LogP contribution in [-0.4, -0.2) is 37.2 Å². The zero-order valence-electron chi connectivity index (χ0n) is 48.6. The van der Waals surface area contributed by atoms with E-state index in [-0.39, 0.29) is 31.6 Å². The predicted octanol–water partition coefficient (Wildman–Crippen LogP) is 21.3. The number of rotatable bonds is 56. The molecule has 0 aromatic rings. The molecule has 0 bridgehead atoms. The highest BCUT2D eigenvalue weighted by Gasteiger charge is 2.19. The van der Waals surface area contributed by atoms with Gasteiger partial charge in [-0.1, -0.05) is 272 Å². The Morgan fingerprint density at radius 3 is 0.973 bits per heavy atom. The van der Waals surface area contributed by atoms with Crippen LogP contribution in [0.5, 0.6) is 0 Å². The third-order valence-corrected chi connectivity index (χ3v) is 13.3. The van der Waals surface area contributed by atoms with Crippen molar-refractivity contribution in [2.45, 2.75) is 303 Å². The lowest BCUT2D eigenvalue weighted by Gasteiger charge is -2.18. The first-order valence-corrected chi connectivity index (χ1v) is 31.2. The highest BCUT2D eigenvalue weighted by molar-refractivity contribution is 5.72. The van der Waals surface area contributed by atoms with Gasteiger partial charge < -0.3 is 14.2 Å². The van der Waals surface area contributed by atoms with Crippen LogP contribution in [0.15, 0.2) is 97.2 Å². The number of allylic oxidation sites excluding steroid dienone is 15. The Balaban J connectivity index is 4.38. The zero-order valence-corrected chi connectivity index (χ0v) is 48.6. The molecule has 0 saturated heterocycles. The van der Waals surface area contributed by atoms with Crippen LogP contribution >= 0.6 is 0 Å². The first-order valence-electron chi connectivity index (χ1n) is 31.2. The molecule has 0 N–H and O–H groups in total. The fourth-order valence-electron chi connectivity index (χ4n) is 8.66. The van der Waals surface area contributed by atoms with Gasteiger partial charge in [0.15, 0.2) is 6.10 Å². The van der Waals surface area contributed by atoms with Gasteiger partial charge in [-0.15, -0.1) is 0 Å². The monoisotopic (exact) mass is 1030 g/mol. The molecule has 0 aromatic carbocycles. The number of hydrogen-bond acceptors (Lipinski definition) is 6. The van der Waals surface area contributed by atoms with Crippen molar-refractivity contribution in [1.82, 2.24) is 0 Å². The third kappa shape index (κ3) is 59.2. The Hall–Kier alpha value is -3.67. The quantitative estimate of drug-likeness (QED) is 0.0261. The van der Waals surface area contributed by atoms with E-state index in [1.165, 1.54) is 161 Å². The Kier molecular flexibility index (Phi) is 58.8. The molecule has 0 spiro atoms. The van der Waals surface area contributed by atoms with Crippen molar-refractivity contribution in [3.63, 3.8) is 0 Å². The van der Waals surface area contributed by atoms with E-state index in [0.29, 0.717) is 12.8 Å². The minimum Gasteiger partial charge on any atom is -0.462 e. The topological polar surface area (TPSA) is 78.9 Å². The summed E-state index contributed by atoms with van der Waals surface area (Å²) in [6.45, 7) is 6.43. The molecule has 0 saturated carbocycles. The lowest BCUT2D eigenvalue weighted by Crippen LogP contribution is -2.30. The number of unbranched alkanes of at least 4 members (excludes halogenated alkanes) is 30. The van der Waals surface area contributed by atoms with E-state index in [0.717, 1.165) is 96.3 Å². The SMILES string of the molecule is CC/C=C\C/C=C\C/C=C\C/C=C\C/C=C\CC(=O)OCC(COC(=O)CCCCCCCCCCCCCCC/C=C\CCCCCCCCCC)OC(=O)CCCCCCC/C=C\C/C=C\CCCCCC. The van der Waals surface area contributed by atoms with Crippen LogP contribution in [0.4, 0.5) is 0 Å². The van der Waals surface area contributed by atoms with Gasteiger partial charge >= 0.3 is 17.9 Å². The maximum Gasteiger partial charge on any atom is 0.309 e. The van der Waals surface area contributed by atoms with Gasteiger partial charge in [0.25, 0.3) is 0 Å². The van der Waals surface area contributed by atoms with Gasteiger partial charge in [-0.05, 0) is 103 Å². The lowest BCUT2D eigenvalue weighted by molar-refractivity contribution is -0.166. The summed E-state index contributed by atoms with van der Waals surface area (Å²) in [6.07, 6.45) is 83.0. The molecule has 0 fully saturated rings. The lowest BCUT2D eigenvalue weighted by atomic mass is 10.0. The maximum absolute atomic E-state index is 12.9. The first-order chi connectivity index (χ1) is 36.5. The van der Waals surface area contributed by atoms with Crippen LogP contribution in [-0.2, 0) is 28.6 Å². The van der Waals surface area contributed by atoms with E-state index >= 15 is 0 Å². The standard InChI is InChI=1S/C68H116O6/c1-4-7-10-13-16-19-22-25-28-30-31-32-33-34-35-36-37-38-41-43-46-49-52-55-58-61-67(70)73-64-65(63-72-66(69)60-57-54-51-48-45-42-39-27-24-21-18-15-12-9-6-3)74-68(71)62-59-56-53-50-47-44-40-29-26-23-20-17-14-11-8-5-2/h9,12,18,20-21,23,27,29-31,39-40,45,48,54,57,65H,4-8,10-11,13-17,19,22,24-26,28,32-38,41-44,46-47,49-53,55-56,58-64H2,1-3H3/b12-9-,21-18-,23-20-,31-30-,39-27-,40-29-,48-45-,57-54-. The van der Waals surface area contributed by atoms with Crippen LogP contribution in [0.2, 0.25) is 0 Å². The number of carbonyl (C=O) groups excluding carboxylic acids is 3. The van der Waals surface area contributed by atoms with E-state index < -0.39 is 12.1 Å². The molecule has 0 amide bonds. The van der Waals surface area contributed by atoms with E-state index in [1.807, 2.05) is 6.08 Å². The number of hydrogen-bond donors (Lipinski definition) is 0. The summed E-state index contributed by atoms with van der Waals surface area (Å²) in [5, 5.41) is 0. The highest BCUT2D eigenvalue weighted by Crippen LogP contribution is 2.16. The molecule has 1 atom stereocenters.